The van der Waals surface area contributed by atoms with Gasteiger partial charge in [0.05, 0.1) is 5.69 Å². The lowest BCUT2D eigenvalue weighted by Gasteiger charge is -2.37. The Morgan fingerprint density at radius 2 is 1.88 bits per heavy atom. The lowest BCUT2D eigenvalue weighted by molar-refractivity contribution is -0.138. The molecule has 0 aromatic carbocycles. The minimum atomic E-state index is -0.164. The van der Waals surface area contributed by atoms with Crippen molar-refractivity contribution in [3.8, 4) is 0 Å². The number of oxime groups is 1. The third-order valence-corrected chi connectivity index (χ3v) is 6.62. The number of nitrogen functional groups attached to an aromatic ring is 1. The number of rotatable bonds is 6. The number of piperidine rings is 2. The normalized spacial score (nSPS) is 18.9. The van der Waals surface area contributed by atoms with E-state index in [1.807, 2.05) is 23.1 Å². The highest BCUT2D eigenvalue weighted by Gasteiger charge is 2.32. The molecule has 2 saturated heterocycles. The van der Waals surface area contributed by atoms with E-state index in [9.17, 15) is 9.59 Å². The zero-order valence-corrected chi connectivity index (χ0v) is 19.1. The lowest BCUT2D eigenvalue weighted by atomic mass is 9.88. The number of nitrogens with zero attached hydrogens (tertiary/aromatic N) is 4. The molecule has 0 aliphatic carbocycles. The molecular weight excluding hydrogens is 420 g/mol. The maximum atomic E-state index is 13.2. The van der Waals surface area contributed by atoms with Gasteiger partial charge in [0.25, 0.3) is 0 Å². The van der Waals surface area contributed by atoms with Gasteiger partial charge in [-0.15, -0.1) is 0 Å². The van der Waals surface area contributed by atoms with E-state index in [0.29, 0.717) is 24.6 Å². The van der Waals surface area contributed by atoms with Gasteiger partial charge >= 0.3 is 0 Å². The standard InChI is InChI=1S/C24H32N6O3/c1-33-28-23(20-3-2-4-22(31)27-20)18-8-13-30(14-9-18)24(32)19-6-11-29(12-7-19)16-17-5-10-26-21(25)15-17/h2-5,10,15,18-19H,6-9,11-14,16H2,1H3,(H2,25,26)(H,27,31). The number of anilines is 1. The predicted molar refractivity (Wildman–Crippen MR) is 127 cm³/mol. The summed E-state index contributed by atoms with van der Waals surface area (Å²) in [5, 5.41) is 4.19. The van der Waals surface area contributed by atoms with Crippen molar-refractivity contribution >= 4 is 17.4 Å². The van der Waals surface area contributed by atoms with Crippen molar-refractivity contribution in [1.29, 1.82) is 0 Å². The average molecular weight is 453 g/mol. The summed E-state index contributed by atoms with van der Waals surface area (Å²) in [6.45, 7) is 4.03. The van der Waals surface area contributed by atoms with Crippen molar-refractivity contribution in [1.82, 2.24) is 19.8 Å². The van der Waals surface area contributed by atoms with Crippen LogP contribution in [0.2, 0.25) is 0 Å². The number of likely N-dealkylation sites (tertiary alicyclic amines) is 2. The minimum Gasteiger partial charge on any atom is -0.399 e. The Morgan fingerprint density at radius 3 is 2.55 bits per heavy atom. The van der Waals surface area contributed by atoms with Crippen LogP contribution in [-0.2, 0) is 16.2 Å². The van der Waals surface area contributed by atoms with Gasteiger partial charge in [-0.1, -0.05) is 11.2 Å². The Balaban J connectivity index is 1.29. The molecular formula is C24H32N6O3. The topological polar surface area (TPSA) is 117 Å². The highest BCUT2D eigenvalue weighted by Crippen LogP contribution is 2.26. The van der Waals surface area contributed by atoms with Crippen LogP contribution in [0.5, 0.6) is 0 Å². The molecule has 2 aromatic heterocycles. The molecule has 1 amide bonds. The van der Waals surface area contributed by atoms with Crippen LogP contribution in [0.4, 0.5) is 5.82 Å². The fraction of sp³-hybridized carbons (Fsp3) is 0.500. The summed E-state index contributed by atoms with van der Waals surface area (Å²) >= 11 is 0. The van der Waals surface area contributed by atoms with Gasteiger partial charge in [-0.3, -0.25) is 14.5 Å². The van der Waals surface area contributed by atoms with E-state index in [-0.39, 0.29) is 23.3 Å². The molecule has 9 nitrogen and oxygen atoms in total. The number of carbonyl (C=O) groups excluding carboxylic acids is 1. The third-order valence-electron chi connectivity index (χ3n) is 6.62. The molecule has 0 spiro atoms. The molecule has 2 aliphatic heterocycles. The van der Waals surface area contributed by atoms with Gasteiger partial charge in [-0.05, 0) is 62.5 Å². The van der Waals surface area contributed by atoms with Crippen LogP contribution < -0.4 is 11.3 Å². The van der Waals surface area contributed by atoms with Gasteiger partial charge in [0.1, 0.15) is 18.6 Å². The highest BCUT2D eigenvalue weighted by molar-refractivity contribution is 6.00. The molecule has 3 N–H and O–H groups in total. The molecule has 9 heteroatoms. The summed E-state index contributed by atoms with van der Waals surface area (Å²) in [6.07, 6.45) is 5.09. The first kappa shape index (κ1) is 23.0. The number of hydrogen-bond donors (Lipinski definition) is 2. The van der Waals surface area contributed by atoms with E-state index < -0.39 is 0 Å². The fourth-order valence-electron chi connectivity index (χ4n) is 4.86. The first-order valence-corrected chi connectivity index (χ1v) is 11.6. The largest absolute Gasteiger partial charge is 0.399 e. The van der Waals surface area contributed by atoms with Crippen LogP contribution in [0.1, 0.15) is 36.9 Å². The van der Waals surface area contributed by atoms with Gasteiger partial charge in [0.15, 0.2) is 0 Å². The van der Waals surface area contributed by atoms with Crippen molar-refractivity contribution in [2.24, 2.45) is 17.0 Å². The van der Waals surface area contributed by atoms with Gasteiger partial charge in [-0.2, -0.15) is 0 Å². The Labute approximate surface area is 193 Å². The van der Waals surface area contributed by atoms with Crippen LogP contribution in [0, 0.1) is 11.8 Å². The predicted octanol–water partition coefficient (Wildman–Crippen LogP) is 1.85. The van der Waals surface area contributed by atoms with E-state index in [1.165, 1.54) is 13.2 Å². The first-order chi connectivity index (χ1) is 16.0. The SMILES string of the molecule is CON=C(c1cccc(=O)[nH]1)C1CCN(C(=O)C2CCN(Cc3ccnc(N)c3)CC2)CC1. The second-order valence-corrected chi connectivity index (χ2v) is 8.83. The third kappa shape index (κ3) is 5.78. The zero-order valence-electron chi connectivity index (χ0n) is 19.1. The summed E-state index contributed by atoms with van der Waals surface area (Å²) in [7, 11) is 1.51. The van der Waals surface area contributed by atoms with E-state index >= 15 is 0 Å². The number of aromatic amines is 1. The Hall–Kier alpha value is -3.20. The summed E-state index contributed by atoms with van der Waals surface area (Å²) in [4.78, 5) is 41.2. The van der Waals surface area contributed by atoms with Gasteiger partial charge in [-0.25, -0.2) is 4.98 Å². The molecule has 0 saturated carbocycles. The Bertz CT molecular complexity index is 1040. The lowest BCUT2D eigenvalue weighted by Crippen LogP contribution is -2.46. The van der Waals surface area contributed by atoms with Gasteiger partial charge < -0.3 is 20.5 Å². The van der Waals surface area contributed by atoms with E-state index in [4.69, 9.17) is 10.6 Å². The Kier molecular flexibility index (Phi) is 7.39. The van der Waals surface area contributed by atoms with Crippen molar-refractivity contribution in [3.63, 3.8) is 0 Å². The number of aromatic nitrogens is 2. The molecule has 2 aromatic rings. The molecule has 0 unspecified atom stereocenters. The van der Waals surface area contributed by atoms with Crippen molar-refractivity contribution in [2.45, 2.75) is 32.2 Å². The van der Waals surface area contributed by atoms with E-state index in [0.717, 1.165) is 56.6 Å². The fourth-order valence-corrected chi connectivity index (χ4v) is 4.86. The Morgan fingerprint density at radius 1 is 1.15 bits per heavy atom. The first-order valence-electron chi connectivity index (χ1n) is 11.6. The summed E-state index contributed by atoms with van der Waals surface area (Å²) in [6, 6.07) is 8.93. The van der Waals surface area contributed by atoms with Crippen LogP contribution in [0.3, 0.4) is 0 Å². The van der Waals surface area contributed by atoms with E-state index in [1.54, 1.807) is 12.3 Å². The molecule has 2 aliphatic rings. The summed E-state index contributed by atoms with van der Waals surface area (Å²) < 4.78 is 0. The van der Waals surface area contributed by atoms with Crippen LogP contribution in [0.25, 0.3) is 0 Å². The van der Waals surface area contributed by atoms with Crippen molar-refractivity contribution in [2.75, 3.05) is 39.0 Å². The molecule has 2 fully saturated rings. The monoisotopic (exact) mass is 452 g/mol. The van der Waals surface area contributed by atoms with Crippen molar-refractivity contribution in [3.05, 3.63) is 58.1 Å². The van der Waals surface area contributed by atoms with Gasteiger partial charge in [0.2, 0.25) is 11.5 Å². The molecule has 176 valence electrons. The van der Waals surface area contributed by atoms with E-state index in [2.05, 4.69) is 20.0 Å². The molecule has 0 bridgehead atoms. The maximum Gasteiger partial charge on any atom is 0.248 e. The quantitative estimate of drug-likeness (QED) is 0.510. The minimum absolute atomic E-state index is 0.0814. The summed E-state index contributed by atoms with van der Waals surface area (Å²) in [5.74, 6) is 1.03. The molecule has 0 radical (unpaired) electrons. The van der Waals surface area contributed by atoms with Crippen LogP contribution >= 0.6 is 0 Å². The number of amides is 1. The second-order valence-electron chi connectivity index (χ2n) is 8.83. The number of H-pyrrole nitrogens is 1. The summed E-state index contributed by atoms with van der Waals surface area (Å²) in [5.41, 5.74) is 8.20. The smallest absolute Gasteiger partial charge is 0.248 e. The molecule has 0 atom stereocenters. The van der Waals surface area contributed by atoms with Crippen LogP contribution in [0.15, 0.2) is 46.5 Å². The highest BCUT2D eigenvalue weighted by atomic mass is 16.6. The molecule has 4 rings (SSSR count). The maximum absolute atomic E-state index is 13.2. The number of carbonyl (C=O) groups is 1. The van der Waals surface area contributed by atoms with Crippen molar-refractivity contribution < 1.29 is 9.63 Å². The zero-order chi connectivity index (χ0) is 23.2. The molecule has 33 heavy (non-hydrogen) atoms. The van der Waals surface area contributed by atoms with Crippen LogP contribution in [-0.4, -0.2) is 64.7 Å². The average Bonchev–Trinajstić information content (AvgIpc) is 2.83. The number of nitrogens with two attached hydrogens (primary N) is 1. The van der Waals surface area contributed by atoms with Gasteiger partial charge in [0, 0.05) is 43.7 Å². The second kappa shape index (κ2) is 10.6. The number of hydrogen-bond acceptors (Lipinski definition) is 7. The number of nitrogens with one attached hydrogen (secondary N) is 1. The number of pyridine rings is 2. The molecule has 4 heterocycles.